The lowest BCUT2D eigenvalue weighted by molar-refractivity contribution is 0.627. The van der Waals surface area contributed by atoms with Crippen molar-refractivity contribution in [2.24, 2.45) is 0 Å². The van der Waals surface area contributed by atoms with Gasteiger partial charge in [-0.3, -0.25) is 0 Å². The van der Waals surface area contributed by atoms with Gasteiger partial charge in [0.15, 0.2) is 0 Å². The van der Waals surface area contributed by atoms with E-state index >= 15 is 0 Å². The van der Waals surface area contributed by atoms with Crippen LogP contribution >= 0.6 is 15.9 Å². The Hall–Kier alpha value is -1.15. The van der Waals surface area contributed by atoms with E-state index in [0.29, 0.717) is 11.8 Å². The van der Waals surface area contributed by atoms with E-state index in [0.717, 1.165) is 5.56 Å². The van der Waals surface area contributed by atoms with Gasteiger partial charge in [0.2, 0.25) is 0 Å². The summed E-state index contributed by atoms with van der Waals surface area (Å²) in [7, 11) is 0. The lowest BCUT2D eigenvalue weighted by Crippen LogP contribution is -2.02. The van der Waals surface area contributed by atoms with Crippen LogP contribution in [0.2, 0.25) is 0 Å². The minimum Gasteiger partial charge on any atom is -0.207 e. The molecule has 2 heteroatoms. The number of hydrogen-bond donors (Lipinski definition) is 0. The van der Waals surface area contributed by atoms with Crippen LogP contribution in [0.3, 0.4) is 0 Å². The molecule has 0 nitrogen and oxygen atoms in total. The van der Waals surface area contributed by atoms with Gasteiger partial charge in [0.25, 0.3) is 0 Å². The Bertz CT molecular complexity index is 599. The van der Waals surface area contributed by atoms with Crippen molar-refractivity contribution < 1.29 is 4.39 Å². The van der Waals surface area contributed by atoms with Gasteiger partial charge in [0.05, 0.1) is 4.83 Å². The Labute approximate surface area is 135 Å². The Morgan fingerprint density at radius 3 is 1.86 bits per heavy atom. The second kappa shape index (κ2) is 6.74. The molecule has 0 aliphatic carbocycles. The van der Waals surface area contributed by atoms with Gasteiger partial charge in [-0.25, -0.2) is 4.39 Å². The first-order valence-electron chi connectivity index (χ1n) is 7.43. The van der Waals surface area contributed by atoms with Gasteiger partial charge in [0, 0.05) is 0 Å². The van der Waals surface area contributed by atoms with Crippen LogP contribution in [-0.4, -0.2) is 0 Å². The SMILES string of the molecule is CC(C)c1ccc(C(Br)c2ccc(F)cc2)c(C(C)C)c1. The zero-order valence-electron chi connectivity index (χ0n) is 13.0. The molecule has 1 atom stereocenters. The van der Waals surface area contributed by atoms with Crippen molar-refractivity contribution in [2.45, 2.75) is 44.4 Å². The quantitative estimate of drug-likeness (QED) is 0.549. The molecule has 0 aliphatic heterocycles. The van der Waals surface area contributed by atoms with Crippen molar-refractivity contribution in [3.05, 3.63) is 70.5 Å². The number of benzene rings is 2. The van der Waals surface area contributed by atoms with Gasteiger partial charge < -0.3 is 0 Å². The second-order valence-electron chi connectivity index (χ2n) is 6.11. The summed E-state index contributed by atoms with van der Waals surface area (Å²) < 4.78 is 13.1. The third-order valence-electron chi connectivity index (χ3n) is 3.84. The number of hydrogen-bond acceptors (Lipinski definition) is 0. The molecular weight excluding hydrogens is 327 g/mol. The van der Waals surface area contributed by atoms with E-state index in [2.05, 4.69) is 61.8 Å². The maximum absolute atomic E-state index is 13.1. The molecule has 0 spiro atoms. The van der Waals surface area contributed by atoms with Crippen LogP contribution in [0, 0.1) is 5.82 Å². The minimum atomic E-state index is -0.197. The van der Waals surface area contributed by atoms with Crippen LogP contribution in [0.15, 0.2) is 42.5 Å². The van der Waals surface area contributed by atoms with E-state index in [-0.39, 0.29) is 10.6 Å². The topological polar surface area (TPSA) is 0 Å². The van der Waals surface area contributed by atoms with E-state index in [1.807, 2.05) is 12.1 Å². The number of halogens is 2. The predicted octanol–water partition coefficient (Wildman–Crippen LogP) is 6.56. The van der Waals surface area contributed by atoms with Crippen molar-refractivity contribution in [1.29, 1.82) is 0 Å². The molecule has 0 bridgehead atoms. The van der Waals surface area contributed by atoms with Crippen LogP contribution in [0.1, 0.15) is 66.6 Å². The van der Waals surface area contributed by atoms with Crippen molar-refractivity contribution in [3.63, 3.8) is 0 Å². The van der Waals surface area contributed by atoms with Gasteiger partial charge in [-0.15, -0.1) is 0 Å². The fourth-order valence-electron chi connectivity index (χ4n) is 2.49. The highest BCUT2D eigenvalue weighted by atomic mass is 79.9. The highest BCUT2D eigenvalue weighted by Gasteiger charge is 2.17. The van der Waals surface area contributed by atoms with Crippen LogP contribution in [0.4, 0.5) is 4.39 Å². The normalized spacial score (nSPS) is 13.0. The standard InChI is InChI=1S/C19H22BrF/c1-12(2)15-7-10-17(18(11-15)13(3)4)19(20)14-5-8-16(21)9-6-14/h5-13,19H,1-4H3. The maximum atomic E-state index is 13.1. The van der Waals surface area contributed by atoms with Crippen LogP contribution in [0.25, 0.3) is 0 Å². The molecule has 2 aromatic rings. The molecule has 0 saturated carbocycles. The lowest BCUT2D eigenvalue weighted by Gasteiger charge is -2.20. The average Bonchev–Trinajstić information content (AvgIpc) is 2.46. The molecule has 21 heavy (non-hydrogen) atoms. The maximum Gasteiger partial charge on any atom is 0.123 e. The van der Waals surface area contributed by atoms with Gasteiger partial charge >= 0.3 is 0 Å². The first-order valence-corrected chi connectivity index (χ1v) is 8.35. The van der Waals surface area contributed by atoms with Gasteiger partial charge in [0.1, 0.15) is 5.82 Å². The first-order chi connectivity index (χ1) is 9.90. The van der Waals surface area contributed by atoms with E-state index in [1.54, 1.807) is 0 Å². The molecule has 1 unspecified atom stereocenters. The van der Waals surface area contributed by atoms with Crippen molar-refractivity contribution in [2.75, 3.05) is 0 Å². The molecule has 0 fully saturated rings. The molecule has 0 heterocycles. The lowest BCUT2D eigenvalue weighted by atomic mass is 9.89. The summed E-state index contributed by atoms with van der Waals surface area (Å²) in [6, 6.07) is 13.4. The molecule has 2 rings (SSSR count). The smallest absolute Gasteiger partial charge is 0.123 e. The van der Waals surface area contributed by atoms with Gasteiger partial charge in [-0.2, -0.15) is 0 Å². The number of alkyl halides is 1. The Morgan fingerprint density at radius 1 is 0.762 bits per heavy atom. The molecule has 0 radical (unpaired) electrons. The molecule has 2 aromatic carbocycles. The summed E-state index contributed by atoms with van der Waals surface area (Å²) in [5, 5.41) is 0. The summed E-state index contributed by atoms with van der Waals surface area (Å²) in [4.78, 5) is 0.0942. The largest absolute Gasteiger partial charge is 0.207 e. The summed E-state index contributed by atoms with van der Waals surface area (Å²) >= 11 is 3.78. The van der Waals surface area contributed by atoms with Crippen molar-refractivity contribution >= 4 is 15.9 Å². The van der Waals surface area contributed by atoms with E-state index in [9.17, 15) is 4.39 Å². The second-order valence-corrected chi connectivity index (χ2v) is 7.03. The summed E-state index contributed by atoms with van der Waals surface area (Å²) in [6.45, 7) is 8.86. The van der Waals surface area contributed by atoms with E-state index < -0.39 is 0 Å². The number of rotatable bonds is 4. The van der Waals surface area contributed by atoms with E-state index in [4.69, 9.17) is 0 Å². The third-order valence-corrected chi connectivity index (χ3v) is 4.86. The molecule has 0 amide bonds. The molecule has 0 saturated heterocycles. The zero-order valence-corrected chi connectivity index (χ0v) is 14.6. The molecule has 0 aromatic heterocycles. The Kier molecular flexibility index (Phi) is 5.21. The van der Waals surface area contributed by atoms with Crippen molar-refractivity contribution in [3.8, 4) is 0 Å². The van der Waals surface area contributed by atoms with Gasteiger partial charge in [-0.05, 0) is 46.2 Å². The molecule has 112 valence electrons. The van der Waals surface area contributed by atoms with E-state index in [1.165, 1.54) is 28.8 Å². The third kappa shape index (κ3) is 3.74. The zero-order chi connectivity index (χ0) is 15.6. The van der Waals surface area contributed by atoms with Crippen LogP contribution < -0.4 is 0 Å². The summed E-state index contributed by atoms with van der Waals surface area (Å²) in [6.07, 6.45) is 0. The highest BCUT2D eigenvalue weighted by Crippen LogP contribution is 2.37. The predicted molar refractivity (Wildman–Crippen MR) is 91.8 cm³/mol. The average molecular weight is 349 g/mol. The van der Waals surface area contributed by atoms with Crippen molar-refractivity contribution in [1.82, 2.24) is 0 Å². The summed E-state index contributed by atoms with van der Waals surface area (Å²) in [5.41, 5.74) is 5.06. The van der Waals surface area contributed by atoms with Crippen LogP contribution in [0.5, 0.6) is 0 Å². The molecule has 0 aliphatic rings. The summed E-state index contributed by atoms with van der Waals surface area (Å²) in [5.74, 6) is 0.785. The highest BCUT2D eigenvalue weighted by molar-refractivity contribution is 9.09. The molecule has 0 N–H and O–H groups in total. The fourth-order valence-corrected chi connectivity index (χ4v) is 3.22. The Morgan fingerprint density at radius 2 is 1.33 bits per heavy atom. The van der Waals surface area contributed by atoms with Gasteiger partial charge in [-0.1, -0.05) is 74.0 Å². The minimum absolute atomic E-state index is 0.0942. The monoisotopic (exact) mass is 348 g/mol. The first kappa shape index (κ1) is 16.2. The Balaban J connectivity index is 2.44. The molecular formula is C19H22BrF. The van der Waals surface area contributed by atoms with Crippen LogP contribution in [-0.2, 0) is 0 Å². The fraction of sp³-hybridized carbons (Fsp3) is 0.368.